The molecule has 2 rings (SSSR count). The molecule has 0 spiro atoms. The van der Waals surface area contributed by atoms with Gasteiger partial charge >= 0.3 is 0 Å². The van der Waals surface area contributed by atoms with Crippen LogP contribution in [0.15, 0.2) is 29.3 Å². The average Bonchev–Trinajstić information content (AvgIpc) is 2.32. The molecule has 1 aliphatic rings. The van der Waals surface area contributed by atoms with Gasteiger partial charge in [0.15, 0.2) is 5.17 Å². The minimum atomic E-state index is 0.475. The van der Waals surface area contributed by atoms with E-state index in [9.17, 15) is 0 Å². The zero-order valence-electron chi connectivity index (χ0n) is 10.7. The van der Waals surface area contributed by atoms with E-state index in [1.54, 1.807) is 0 Å². The third kappa shape index (κ3) is 3.25. The summed E-state index contributed by atoms with van der Waals surface area (Å²) in [6.07, 6.45) is 1.20. The van der Waals surface area contributed by atoms with Crippen LogP contribution in [0.3, 0.4) is 0 Å². The van der Waals surface area contributed by atoms with E-state index in [-0.39, 0.29) is 0 Å². The molecule has 0 amide bonds. The number of nitrogens with zero attached hydrogens (tertiary/aromatic N) is 1. The van der Waals surface area contributed by atoms with Crippen LogP contribution in [0.4, 0.5) is 5.69 Å². The van der Waals surface area contributed by atoms with Gasteiger partial charge in [-0.25, -0.2) is 0 Å². The first kappa shape index (κ1) is 12.5. The fourth-order valence-electron chi connectivity index (χ4n) is 1.91. The molecule has 1 aromatic rings. The molecular formula is C14H20N2S. The molecule has 0 aromatic heterocycles. The van der Waals surface area contributed by atoms with Gasteiger partial charge in [0.25, 0.3) is 0 Å². The van der Waals surface area contributed by atoms with E-state index in [4.69, 9.17) is 4.99 Å². The topological polar surface area (TPSA) is 24.4 Å². The molecule has 1 aliphatic heterocycles. The summed E-state index contributed by atoms with van der Waals surface area (Å²) in [5.74, 6) is 1.80. The van der Waals surface area contributed by atoms with Crippen molar-refractivity contribution in [3.63, 3.8) is 0 Å². The Morgan fingerprint density at radius 3 is 2.82 bits per heavy atom. The highest BCUT2D eigenvalue weighted by atomic mass is 32.2. The fourth-order valence-corrected chi connectivity index (χ4v) is 2.85. The Hall–Kier alpha value is -0.960. The lowest BCUT2D eigenvalue weighted by Gasteiger charge is -2.23. The van der Waals surface area contributed by atoms with Crippen molar-refractivity contribution in [1.29, 1.82) is 0 Å². The maximum Gasteiger partial charge on any atom is 0.161 e. The molecule has 1 atom stereocenters. The van der Waals surface area contributed by atoms with Crippen molar-refractivity contribution in [2.45, 2.75) is 33.2 Å². The molecule has 17 heavy (non-hydrogen) atoms. The molecule has 0 aliphatic carbocycles. The Kier molecular flexibility index (Phi) is 4.11. The van der Waals surface area contributed by atoms with Gasteiger partial charge in [0.1, 0.15) is 0 Å². The Morgan fingerprint density at radius 2 is 2.12 bits per heavy atom. The van der Waals surface area contributed by atoms with E-state index in [0.29, 0.717) is 12.0 Å². The fraction of sp³-hybridized carbons (Fsp3) is 0.500. The molecule has 0 bridgehead atoms. The molecule has 1 N–H and O–H groups in total. The first-order valence-electron chi connectivity index (χ1n) is 6.20. The Bertz CT molecular complexity index is 412. The number of aliphatic imine (C=N–C) groups is 1. The minimum Gasteiger partial charge on any atom is -0.335 e. The molecule has 0 saturated carbocycles. The van der Waals surface area contributed by atoms with Crippen molar-refractivity contribution in [2.75, 3.05) is 11.1 Å². The normalized spacial score (nSPS) is 20.2. The van der Waals surface area contributed by atoms with E-state index in [1.807, 2.05) is 11.8 Å². The molecule has 0 radical (unpaired) electrons. The van der Waals surface area contributed by atoms with Gasteiger partial charge in [-0.05, 0) is 30.9 Å². The van der Waals surface area contributed by atoms with Crippen LogP contribution in [0, 0.1) is 12.8 Å². The number of para-hydroxylation sites is 1. The quantitative estimate of drug-likeness (QED) is 0.857. The summed E-state index contributed by atoms with van der Waals surface area (Å²) in [7, 11) is 0. The molecular weight excluding hydrogens is 228 g/mol. The number of anilines is 1. The smallest absolute Gasteiger partial charge is 0.161 e. The second-order valence-electron chi connectivity index (χ2n) is 4.82. The van der Waals surface area contributed by atoms with Crippen molar-refractivity contribution in [3.8, 4) is 0 Å². The van der Waals surface area contributed by atoms with E-state index in [1.165, 1.54) is 23.4 Å². The molecule has 0 fully saturated rings. The second kappa shape index (κ2) is 5.58. The van der Waals surface area contributed by atoms with Gasteiger partial charge in [0.2, 0.25) is 0 Å². The van der Waals surface area contributed by atoms with Crippen LogP contribution < -0.4 is 5.32 Å². The number of hydrogen-bond acceptors (Lipinski definition) is 3. The summed E-state index contributed by atoms with van der Waals surface area (Å²) in [4.78, 5) is 4.79. The van der Waals surface area contributed by atoms with Gasteiger partial charge in [-0.3, -0.25) is 4.99 Å². The van der Waals surface area contributed by atoms with E-state index in [0.717, 1.165) is 5.17 Å². The number of amidine groups is 1. The van der Waals surface area contributed by atoms with Crippen molar-refractivity contribution in [1.82, 2.24) is 0 Å². The molecule has 3 heteroatoms. The van der Waals surface area contributed by atoms with Gasteiger partial charge in [0.05, 0.1) is 6.04 Å². The van der Waals surface area contributed by atoms with E-state index >= 15 is 0 Å². The summed E-state index contributed by atoms with van der Waals surface area (Å²) in [5.41, 5.74) is 2.44. The minimum absolute atomic E-state index is 0.475. The largest absolute Gasteiger partial charge is 0.335 e. The third-order valence-electron chi connectivity index (χ3n) is 3.09. The van der Waals surface area contributed by atoms with Crippen LogP contribution in [-0.4, -0.2) is 17.0 Å². The van der Waals surface area contributed by atoms with Crippen LogP contribution in [0.2, 0.25) is 0 Å². The number of hydrogen-bond donors (Lipinski definition) is 1. The Balaban J connectivity index is 2.11. The highest BCUT2D eigenvalue weighted by Gasteiger charge is 2.18. The summed E-state index contributed by atoms with van der Waals surface area (Å²) >= 11 is 1.83. The summed E-state index contributed by atoms with van der Waals surface area (Å²) in [5, 5.41) is 4.52. The number of benzene rings is 1. The zero-order valence-corrected chi connectivity index (χ0v) is 11.6. The third-order valence-corrected chi connectivity index (χ3v) is 4.01. The SMILES string of the molecule is Cc1ccccc1NC1=NC(C(C)C)CCS1. The van der Waals surface area contributed by atoms with Gasteiger partial charge in [-0.2, -0.15) is 0 Å². The lowest BCUT2D eigenvalue weighted by atomic mass is 10.0. The second-order valence-corrected chi connectivity index (χ2v) is 5.91. The molecule has 2 nitrogen and oxygen atoms in total. The highest BCUT2D eigenvalue weighted by Crippen LogP contribution is 2.24. The summed E-state index contributed by atoms with van der Waals surface area (Å²) in [6, 6.07) is 8.83. The molecule has 1 aromatic carbocycles. The molecule has 1 unspecified atom stereocenters. The number of thioether (sulfide) groups is 1. The van der Waals surface area contributed by atoms with Crippen LogP contribution in [0.5, 0.6) is 0 Å². The monoisotopic (exact) mass is 248 g/mol. The van der Waals surface area contributed by atoms with Gasteiger partial charge in [-0.15, -0.1) is 0 Å². The standard InChI is InChI=1S/C14H20N2S/c1-10(2)12-8-9-17-14(15-12)16-13-7-5-4-6-11(13)3/h4-7,10,12H,8-9H2,1-3H3,(H,15,16). The van der Waals surface area contributed by atoms with E-state index < -0.39 is 0 Å². The molecule has 0 saturated heterocycles. The highest BCUT2D eigenvalue weighted by molar-refractivity contribution is 8.14. The van der Waals surface area contributed by atoms with Gasteiger partial charge in [0, 0.05) is 11.4 Å². The van der Waals surface area contributed by atoms with Crippen LogP contribution in [-0.2, 0) is 0 Å². The average molecular weight is 248 g/mol. The van der Waals surface area contributed by atoms with Gasteiger partial charge < -0.3 is 5.32 Å². The maximum absolute atomic E-state index is 4.79. The van der Waals surface area contributed by atoms with Crippen LogP contribution >= 0.6 is 11.8 Å². The number of nitrogens with one attached hydrogen (secondary N) is 1. The van der Waals surface area contributed by atoms with Crippen molar-refractivity contribution in [2.24, 2.45) is 10.9 Å². The Morgan fingerprint density at radius 1 is 1.35 bits per heavy atom. The zero-order chi connectivity index (χ0) is 12.3. The summed E-state index contributed by atoms with van der Waals surface area (Å²) < 4.78 is 0. The van der Waals surface area contributed by atoms with E-state index in [2.05, 4.69) is 50.4 Å². The predicted octanol–water partition coefficient (Wildman–Crippen LogP) is 3.92. The lowest BCUT2D eigenvalue weighted by molar-refractivity contribution is 0.485. The van der Waals surface area contributed by atoms with Gasteiger partial charge in [-0.1, -0.05) is 43.8 Å². The first-order chi connectivity index (χ1) is 8.16. The van der Waals surface area contributed by atoms with Crippen LogP contribution in [0.1, 0.15) is 25.8 Å². The molecule has 92 valence electrons. The van der Waals surface area contributed by atoms with Crippen molar-refractivity contribution < 1.29 is 0 Å². The first-order valence-corrected chi connectivity index (χ1v) is 7.18. The summed E-state index contributed by atoms with van der Waals surface area (Å²) in [6.45, 7) is 6.61. The predicted molar refractivity (Wildman–Crippen MR) is 77.9 cm³/mol. The number of rotatable bonds is 2. The Labute approximate surface area is 108 Å². The number of aryl methyl sites for hydroxylation is 1. The van der Waals surface area contributed by atoms with Crippen molar-refractivity contribution in [3.05, 3.63) is 29.8 Å². The maximum atomic E-state index is 4.79. The lowest BCUT2D eigenvalue weighted by Crippen LogP contribution is -2.24. The van der Waals surface area contributed by atoms with Crippen molar-refractivity contribution >= 4 is 22.6 Å². The van der Waals surface area contributed by atoms with Crippen LogP contribution in [0.25, 0.3) is 0 Å². The molecule has 1 heterocycles.